The maximum absolute atomic E-state index is 11.6. The third-order valence-corrected chi connectivity index (χ3v) is 6.32. The number of halogens is 1. The summed E-state index contributed by atoms with van der Waals surface area (Å²) >= 11 is 0. The summed E-state index contributed by atoms with van der Waals surface area (Å²) < 4.78 is 23.2. The van der Waals surface area contributed by atoms with E-state index in [1.54, 1.807) is 6.92 Å². The van der Waals surface area contributed by atoms with Crippen LogP contribution in [0.5, 0.6) is 0 Å². The number of aliphatic imine (C=N–C) groups is 1. The van der Waals surface area contributed by atoms with E-state index in [1.807, 2.05) is 13.0 Å². The average Bonchev–Trinajstić information content (AvgIpc) is 2.64. The Morgan fingerprint density at radius 2 is 1.85 bits per heavy atom. The van der Waals surface area contributed by atoms with Crippen molar-refractivity contribution in [3.05, 3.63) is 35.9 Å². The largest absolute Gasteiger partial charge is 0.357 e. The zero-order valence-electron chi connectivity index (χ0n) is 16.4. The average molecular weight is 508 g/mol. The van der Waals surface area contributed by atoms with Gasteiger partial charge in [-0.2, -0.15) is 0 Å². The van der Waals surface area contributed by atoms with Crippen molar-refractivity contribution in [1.29, 1.82) is 0 Å². The van der Waals surface area contributed by atoms with Gasteiger partial charge in [-0.05, 0) is 25.3 Å². The molecule has 1 aromatic rings. The number of rotatable bonds is 8. The molecule has 0 aliphatic carbocycles. The van der Waals surface area contributed by atoms with Gasteiger partial charge in [-0.15, -0.1) is 24.0 Å². The molecule has 0 saturated carbocycles. The van der Waals surface area contributed by atoms with Crippen LogP contribution < -0.4 is 10.6 Å². The van der Waals surface area contributed by atoms with Crippen molar-refractivity contribution in [2.45, 2.75) is 39.3 Å². The maximum atomic E-state index is 11.6. The van der Waals surface area contributed by atoms with Crippen LogP contribution in [0.4, 0.5) is 0 Å². The number of guanidine groups is 1. The highest BCUT2D eigenvalue weighted by atomic mass is 127. The normalized spacial score (nSPS) is 16.6. The van der Waals surface area contributed by atoms with E-state index in [-0.39, 0.29) is 35.5 Å². The number of hydrogen-bond donors (Lipinski definition) is 2. The Morgan fingerprint density at radius 3 is 2.44 bits per heavy atom. The summed E-state index contributed by atoms with van der Waals surface area (Å²) in [6, 6.07) is 10.9. The smallest absolute Gasteiger partial charge is 0.191 e. The van der Waals surface area contributed by atoms with Crippen LogP contribution in [0.3, 0.4) is 0 Å². The minimum atomic E-state index is -2.97. The van der Waals surface area contributed by atoms with Gasteiger partial charge in [-0.3, -0.25) is 9.89 Å². The molecule has 1 aliphatic rings. The Kier molecular flexibility index (Phi) is 11.2. The van der Waals surface area contributed by atoms with Gasteiger partial charge in [0, 0.05) is 38.0 Å². The molecule has 1 saturated heterocycles. The first-order valence-electron chi connectivity index (χ1n) is 9.54. The minimum absolute atomic E-state index is 0. The molecule has 2 N–H and O–H groups in total. The van der Waals surface area contributed by atoms with E-state index in [9.17, 15) is 8.42 Å². The molecule has 0 bridgehead atoms. The topological polar surface area (TPSA) is 73.8 Å². The summed E-state index contributed by atoms with van der Waals surface area (Å²) in [5.41, 5.74) is 1.35. The third kappa shape index (κ3) is 9.25. The fourth-order valence-corrected chi connectivity index (χ4v) is 3.69. The lowest BCUT2D eigenvalue weighted by Gasteiger charge is -2.33. The molecular formula is C19H33IN4O2S. The molecular weight excluding hydrogens is 475 g/mol. The second-order valence-corrected chi connectivity index (χ2v) is 9.15. The van der Waals surface area contributed by atoms with Crippen LogP contribution >= 0.6 is 24.0 Å². The molecule has 2 rings (SSSR count). The summed E-state index contributed by atoms with van der Waals surface area (Å²) in [7, 11) is -2.97. The van der Waals surface area contributed by atoms with Gasteiger partial charge in [0.25, 0.3) is 0 Å². The van der Waals surface area contributed by atoms with E-state index >= 15 is 0 Å². The first kappa shape index (κ1) is 24.2. The molecule has 0 aromatic heterocycles. The van der Waals surface area contributed by atoms with Crippen molar-refractivity contribution in [3.8, 4) is 0 Å². The van der Waals surface area contributed by atoms with Crippen molar-refractivity contribution in [1.82, 2.24) is 15.5 Å². The fraction of sp³-hybridized carbons (Fsp3) is 0.632. The highest BCUT2D eigenvalue weighted by molar-refractivity contribution is 14.0. The number of nitrogens with one attached hydrogen (secondary N) is 2. The van der Waals surface area contributed by atoms with Crippen molar-refractivity contribution >= 4 is 39.8 Å². The Balaban J connectivity index is 0.00000364. The van der Waals surface area contributed by atoms with Crippen LogP contribution in [-0.2, 0) is 16.4 Å². The van der Waals surface area contributed by atoms with E-state index in [1.165, 1.54) is 5.56 Å². The first-order chi connectivity index (χ1) is 12.5. The Hall–Kier alpha value is -0.870. The van der Waals surface area contributed by atoms with Crippen LogP contribution in [0.1, 0.15) is 32.3 Å². The minimum Gasteiger partial charge on any atom is -0.357 e. The molecule has 1 fully saturated rings. The van der Waals surface area contributed by atoms with Crippen molar-refractivity contribution < 1.29 is 8.42 Å². The fourth-order valence-electron chi connectivity index (χ4n) is 3.03. The van der Waals surface area contributed by atoms with Crippen LogP contribution in [0.2, 0.25) is 0 Å². The summed E-state index contributed by atoms with van der Waals surface area (Å²) in [5, 5.41) is 6.68. The molecule has 0 atom stereocenters. The SMILES string of the molecule is CCNC(=NCCS(=O)(=O)CC)NC1CCN(Cc2ccccc2)CC1.I. The molecule has 1 heterocycles. The highest BCUT2D eigenvalue weighted by Gasteiger charge is 2.20. The molecule has 0 radical (unpaired) electrons. The van der Waals surface area contributed by atoms with Gasteiger partial charge in [0.1, 0.15) is 0 Å². The number of sulfone groups is 1. The Labute approximate surface area is 181 Å². The second-order valence-electron chi connectivity index (χ2n) is 6.68. The predicted octanol–water partition coefficient (Wildman–Crippen LogP) is 2.26. The standard InChI is InChI=1S/C19H32N4O2S.HI/c1-3-20-19(21-12-15-26(24,25)4-2)22-18-10-13-23(14-11-18)16-17-8-6-5-7-9-17;/h5-9,18H,3-4,10-16H2,1-2H3,(H2,20,21,22);1H. The number of piperidine rings is 1. The summed E-state index contributed by atoms with van der Waals surface area (Å²) in [5.74, 6) is 1.00. The van der Waals surface area contributed by atoms with Gasteiger partial charge >= 0.3 is 0 Å². The monoisotopic (exact) mass is 508 g/mol. The Bertz CT molecular complexity index is 660. The van der Waals surface area contributed by atoms with E-state index in [0.29, 0.717) is 12.6 Å². The third-order valence-electron chi connectivity index (χ3n) is 4.63. The number of benzene rings is 1. The van der Waals surface area contributed by atoms with Gasteiger partial charge < -0.3 is 10.6 Å². The lowest BCUT2D eigenvalue weighted by Crippen LogP contribution is -2.48. The van der Waals surface area contributed by atoms with Crippen LogP contribution in [0, 0.1) is 0 Å². The quantitative estimate of drug-likeness (QED) is 0.320. The first-order valence-corrected chi connectivity index (χ1v) is 11.4. The zero-order chi connectivity index (χ0) is 18.8. The number of likely N-dealkylation sites (tertiary alicyclic amines) is 1. The molecule has 0 amide bonds. The molecule has 0 spiro atoms. The van der Waals surface area contributed by atoms with Gasteiger partial charge in [0.2, 0.25) is 0 Å². The van der Waals surface area contributed by atoms with Gasteiger partial charge in [0.15, 0.2) is 15.8 Å². The van der Waals surface area contributed by atoms with Crippen molar-refractivity contribution in [2.75, 3.05) is 37.7 Å². The molecule has 0 unspecified atom stereocenters. The van der Waals surface area contributed by atoms with E-state index in [2.05, 4.69) is 44.8 Å². The van der Waals surface area contributed by atoms with Crippen molar-refractivity contribution in [2.24, 2.45) is 4.99 Å². The zero-order valence-corrected chi connectivity index (χ0v) is 19.5. The van der Waals surface area contributed by atoms with Gasteiger partial charge in [0.05, 0.1) is 12.3 Å². The van der Waals surface area contributed by atoms with Crippen LogP contribution in [-0.4, -0.2) is 63.0 Å². The molecule has 1 aromatic carbocycles. The van der Waals surface area contributed by atoms with E-state index in [4.69, 9.17) is 0 Å². The van der Waals surface area contributed by atoms with E-state index < -0.39 is 9.84 Å². The summed E-state index contributed by atoms with van der Waals surface area (Å²) in [6.45, 7) is 7.86. The van der Waals surface area contributed by atoms with E-state index in [0.717, 1.165) is 45.0 Å². The number of hydrogen-bond acceptors (Lipinski definition) is 4. The molecule has 1 aliphatic heterocycles. The van der Waals surface area contributed by atoms with Crippen LogP contribution in [0.25, 0.3) is 0 Å². The lowest BCUT2D eigenvalue weighted by atomic mass is 10.0. The highest BCUT2D eigenvalue weighted by Crippen LogP contribution is 2.13. The maximum Gasteiger partial charge on any atom is 0.191 e. The summed E-state index contributed by atoms with van der Waals surface area (Å²) in [4.78, 5) is 6.91. The lowest BCUT2D eigenvalue weighted by molar-refractivity contribution is 0.198. The molecule has 27 heavy (non-hydrogen) atoms. The summed E-state index contributed by atoms with van der Waals surface area (Å²) in [6.07, 6.45) is 2.12. The van der Waals surface area contributed by atoms with Crippen LogP contribution in [0.15, 0.2) is 35.3 Å². The molecule has 8 heteroatoms. The van der Waals surface area contributed by atoms with Gasteiger partial charge in [-0.1, -0.05) is 37.3 Å². The van der Waals surface area contributed by atoms with Gasteiger partial charge in [-0.25, -0.2) is 8.42 Å². The second kappa shape index (κ2) is 12.6. The number of nitrogens with zero attached hydrogens (tertiary/aromatic N) is 2. The van der Waals surface area contributed by atoms with Crippen molar-refractivity contribution in [3.63, 3.8) is 0 Å². The Morgan fingerprint density at radius 1 is 1.19 bits per heavy atom. The molecule has 154 valence electrons. The molecule has 6 nitrogen and oxygen atoms in total. The predicted molar refractivity (Wildman–Crippen MR) is 124 cm³/mol.